The van der Waals surface area contributed by atoms with E-state index >= 15 is 0 Å². The minimum absolute atomic E-state index is 0.0830. The Morgan fingerprint density at radius 3 is 1.96 bits per heavy atom. The number of benzene rings is 3. The lowest BCUT2D eigenvalue weighted by Gasteiger charge is -2.37. The zero-order chi connectivity index (χ0) is 18.4. The number of carbonyl (C=O) groups excluding carboxylic acids is 1. The first-order valence-corrected chi connectivity index (χ1v) is 9.52. The van der Waals surface area contributed by atoms with E-state index in [-0.39, 0.29) is 17.9 Å². The average Bonchev–Trinajstić information content (AvgIpc) is 3.19. The van der Waals surface area contributed by atoms with E-state index in [4.69, 9.17) is 0 Å². The second-order valence-electron chi connectivity index (χ2n) is 7.55. The predicted octanol–water partition coefficient (Wildman–Crippen LogP) is 3.68. The van der Waals surface area contributed by atoms with Crippen LogP contribution in [-0.2, 0) is 10.3 Å². The lowest BCUT2D eigenvalue weighted by molar-refractivity contribution is -0.121. The molecule has 0 spiro atoms. The van der Waals surface area contributed by atoms with Crippen molar-refractivity contribution in [2.75, 3.05) is 6.54 Å². The molecule has 3 heteroatoms. The van der Waals surface area contributed by atoms with E-state index in [2.05, 4.69) is 90.4 Å². The van der Waals surface area contributed by atoms with Crippen LogP contribution in [0.3, 0.4) is 0 Å². The highest BCUT2D eigenvalue weighted by atomic mass is 16.2. The predicted molar refractivity (Wildman–Crippen MR) is 107 cm³/mol. The van der Waals surface area contributed by atoms with Gasteiger partial charge in [0.1, 0.15) is 0 Å². The van der Waals surface area contributed by atoms with Crippen molar-refractivity contribution in [3.05, 3.63) is 95.6 Å². The first-order valence-electron chi connectivity index (χ1n) is 9.52. The number of amides is 1. The second kappa shape index (κ2) is 6.07. The molecule has 2 aliphatic rings. The Balaban J connectivity index is 1.80. The Labute approximate surface area is 159 Å². The van der Waals surface area contributed by atoms with Crippen LogP contribution >= 0.6 is 0 Å². The van der Waals surface area contributed by atoms with Gasteiger partial charge in [0.2, 0.25) is 5.91 Å². The van der Waals surface area contributed by atoms with Crippen LogP contribution in [0.4, 0.5) is 0 Å². The van der Waals surface area contributed by atoms with Gasteiger partial charge in [-0.3, -0.25) is 10.1 Å². The average molecular weight is 354 g/mol. The van der Waals surface area contributed by atoms with Crippen molar-refractivity contribution in [3.63, 3.8) is 0 Å². The minimum atomic E-state index is -0.533. The quantitative estimate of drug-likeness (QED) is 0.753. The van der Waals surface area contributed by atoms with Crippen LogP contribution in [0.15, 0.2) is 78.9 Å². The molecule has 1 aliphatic carbocycles. The molecule has 0 unspecified atom stereocenters. The minimum Gasteiger partial charge on any atom is -0.354 e. The third-order valence-electron chi connectivity index (χ3n) is 5.98. The number of hydrogen-bond acceptors (Lipinski definition) is 2. The molecule has 1 fully saturated rings. The molecule has 0 radical (unpaired) electrons. The summed E-state index contributed by atoms with van der Waals surface area (Å²) in [4.78, 5) is 12.6. The zero-order valence-electron chi connectivity index (χ0n) is 15.3. The molecular weight excluding hydrogens is 332 g/mol. The standard InChI is InChI=1S/C24H22N2O/c1-16-15-25-23(27)22(16)26-24(17-9-3-2-4-10-17)20-13-7-5-11-18(20)19-12-6-8-14-21(19)24/h2-14,16,22,26H,15H2,1H3,(H,25,27)/t16-,22+/m1/s1. The molecule has 0 aromatic heterocycles. The van der Waals surface area contributed by atoms with Crippen LogP contribution in [-0.4, -0.2) is 18.5 Å². The van der Waals surface area contributed by atoms with Crippen molar-refractivity contribution >= 4 is 5.91 Å². The van der Waals surface area contributed by atoms with Crippen molar-refractivity contribution in [3.8, 4) is 11.1 Å². The summed E-state index contributed by atoms with van der Waals surface area (Å²) in [6.45, 7) is 2.84. The van der Waals surface area contributed by atoms with E-state index in [9.17, 15) is 4.79 Å². The lowest BCUT2D eigenvalue weighted by atomic mass is 9.79. The molecular formula is C24H22N2O. The maximum atomic E-state index is 12.6. The summed E-state index contributed by atoms with van der Waals surface area (Å²) in [5.41, 5.74) is 5.52. The smallest absolute Gasteiger partial charge is 0.237 e. The summed E-state index contributed by atoms with van der Waals surface area (Å²) in [6, 6.07) is 27.3. The van der Waals surface area contributed by atoms with Crippen molar-refractivity contribution in [1.82, 2.24) is 10.6 Å². The summed E-state index contributed by atoms with van der Waals surface area (Å²) in [6.07, 6.45) is 0. The Hall–Kier alpha value is -2.91. The number of hydrogen-bond donors (Lipinski definition) is 2. The molecule has 2 N–H and O–H groups in total. The number of nitrogens with one attached hydrogen (secondary N) is 2. The third kappa shape index (κ3) is 2.28. The normalized spacial score (nSPS) is 22.2. The highest BCUT2D eigenvalue weighted by Gasteiger charge is 2.48. The van der Waals surface area contributed by atoms with Crippen molar-refractivity contribution in [2.24, 2.45) is 5.92 Å². The maximum Gasteiger partial charge on any atom is 0.237 e. The second-order valence-corrected chi connectivity index (χ2v) is 7.55. The van der Waals surface area contributed by atoms with Gasteiger partial charge >= 0.3 is 0 Å². The van der Waals surface area contributed by atoms with E-state index in [0.717, 1.165) is 5.56 Å². The molecule has 0 bridgehead atoms. The number of rotatable bonds is 3. The van der Waals surface area contributed by atoms with E-state index in [0.29, 0.717) is 6.54 Å². The summed E-state index contributed by atoms with van der Waals surface area (Å²) in [5.74, 6) is 0.317. The first kappa shape index (κ1) is 16.3. The van der Waals surface area contributed by atoms with Crippen LogP contribution in [0.1, 0.15) is 23.6 Å². The summed E-state index contributed by atoms with van der Waals surface area (Å²) in [7, 11) is 0. The SMILES string of the molecule is C[C@@H]1CNC(=O)[C@H]1NC1(c2ccccc2)c2ccccc2-c2ccccc21. The highest BCUT2D eigenvalue weighted by molar-refractivity contribution is 5.87. The van der Waals surface area contributed by atoms with Crippen LogP contribution in [0, 0.1) is 5.92 Å². The number of carbonyl (C=O) groups is 1. The molecule has 3 aromatic carbocycles. The molecule has 1 amide bonds. The summed E-state index contributed by atoms with van der Waals surface area (Å²) >= 11 is 0. The van der Waals surface area contributed by atoms with Crippen molar-refractivity contribution in [1.29, 1.82) is 0 Å². The fraction of sp³-hybridized carbons (Fsp3) is 0.208. The fourth-order valence-corrected chi connectivity index (χ4v) is 4.66. The Bertz CT molecular complexity index is 966. The molecule has 27 heavy (non-hydrogen) atoms. The van der Waals surface area contributed by atoms with E-state index in [1.165, 1.54) is 22.3 Å². The van der Waals surface area contributed by atoms with Gasteiger partial charge in [-0.1, -0.05) is 85.8 Å². The molecule has 0 saturated carbocycles. The molecule has 1 aliphatic heterocycles. The van der Waals surface area contributed by atoms with E-state index < -0.39 is 5.54 Å². The van der Waals surface area contributed by atoms with Gasteiger partial charge in [0.15, 0.2) is 0 Å². The maximum absolute atomic E-state index is 12.6. The van der Waals surface area contributed by atoms with E-state index in [1.54, 1.807) is 0 Å². The summed E-state index contributed by atoms with van der Waals surface area (Å²) < 4.78 is 0. The van der Waals surface area contributed by atoms with Crippen LogP contribution in [0.2, 0.25) is 0 Å². The van der Waals surface area contributed by atoms with Gasteiger partial charge in [-0.15, -0.1) is 0 Å². The fourth-order valence-electron chi connectivity index (χ4n) is 4.66. The largest absolute Gasteiger partial charge is 0.354 e. The Morgan fingerprint density at radius 2 is 1.41 bits per heavy atom. The van der Waals surface area contributed by atoms with Gasteiger partial charge in [-0.2, -0.15) is 0 Å². The molecule has 5 rings (SSSR count). The third-order valence-corrected chi connectivity index (χ3v) is 5.98. The zero-order valence-corrected chi connectivity index (χ0v) is 15.3. The molecule has 2 atom stereocenters. The molecule has 3 nitrogen and oxygen atoms in total. The first-order chi connectivity index (χ1) is 13.2. The van der Waals surface area contributed by atoms with Gasteiger partial charge < -0.3 is 5.32 Å². The molecule has 1 saturated heterocycles. The molecule has 1 heterocycles. The lowest BCUT2D eigenvalue weighted by Crippen LogP contribution is -2.52. The van der Waals surface area contributed by atoms with Crippen LogP contribution < -0.4 is 10.6 Å². The van der Waals surface area contributed by atoms with Crippen molar-refractivity contribution < 1.29 is 4.79 Å². The summed E-state index contributed by atoms with van der Waals surface area (Å²) in [5, 5.41) is 6.82. The van der Waals surface area contributed by atoms with Gasteiger partial charge in [-0.25, -0.2) is 0 Å². The van der Waals surface area contributed by atoms with Gasteiger partial charge in [0, 0.05) is 6.54 Å². The van der Waals surface area contributed by atoms with Crippen molar-refractivity contribution in [2.45, 2.75) is 18.5 Å². The number of fused-ring (bicyclic) bond motifs is 3. The van der Waals surface area contributed by atoms with Crippen LogP contribution in [0.5, 0.6) is 0 Å². The Kier molecular flexibility index (Phi) is 3.66. The van der Waals surface area contributed by atoms with E-state index in [1.807, 2.05) is 6.07 Å². The van der Waals surface area contributed by atoms with Gasteiger partial charge in [0.25, 0.3) is 0 Å². The van der Waals surface area contributed by atoms with Crippen LogP contribution in [0.25, 0.3) is 11.1 Å². The van der Waals surface area contributed by atoms with Gasteiger partial charge in [-0.05, 0) is 33.7 Å². The molecule has 134 valence electrons. The highest BCUT2D eigenvalue weighted by Crippen LogP contribution is 2.51. The topological polar surface area (TPSA) is 41.1 Å². The molecule has 3 aromatic rings. The Morgan fingerprint density at radius 1 is 0.852 bits per heavy atom. The van der Waals surface area contributed by atoms with Gasteiger partial charge in [0.05, 0.1) is 11.6 Å². The monoisotopic (exact) mass is 354 g/mol.